The Bertz CT molecular complexity index is 820. The number of nitrogens with one attached hydrogen (secondary N) is 2. The van der Waals surface area contributed by atoms with Crippen LogP contribution in [0.4, 0.5) is 0 Å². The van der Waals surface area contributed by atoms with Crippen LogP contribution in [0.25, 0.3) is 11.4 Å². The highest BCUT2D eigenvalue weighted by molar-refractivity contribution is 14.0. The first-order valence-electron chi connectivity index (χ1n) is 7.86. The lowest BCUT2D eigenvalue weighted by Crippen LogP contribution is -2.36. The third-order valence-electron chi connectivity index (χ3n) is 3.32. The number of guanidine groups is 1. The van der Waals surface area contributed by atoms with Crippen LogP contribution in [-0.4, -0.2) is 22.6 Å². The fourth-order valence-corrected chi connectivity index (χ4v) is 2.88. The molecule has 0 amide bonds. The summed E-state index contributed by atoms with van der Waals surface area (Å²) >= 11 is 7.56. The summed E-state index contributed by atoms with van der Waals surface area (Å²) in [4.78, 5) is 8.93. The summed E-state index contributed by atoms with van der Waals surface area (Å²) in [6, 6.07) is 9.37. The Kier molecular flexibility index (Phi) is 8.33. The molecule has 9 heteroatoms. The quantitative estimate of drug-likeness (QED) is 0.298. The summed E-state index contributed by atoms with van der Waals surface area (Å²) in [5.41, 5.74) is 2.04. The van der Waals surface area contributed by atoms with Crippen LogP contribution in [-0.2, 0) is 13.1 Å². The minimum atomic E-state index is 0. The molecule has 3 rings (SSSR count). The first-order valence-corrected chi connectivity index (χ1v) is 9.18. The zero-order chi connectivity index (χ0) is 17.5. The summed E-state index contributed by atoms with van der Waals surface area (Å²) < 4.78 is 5.29. The smallest absolute Gasteiger partial charge is 0.246 e. The van der Waals surface area contributed by atoms with E-state index in [9.17, 15) is 0 Å². The minimum Gasteiger partial charge on any atom is -0.357 e. The number of thiophene rings is 1. The molecule has 6 nitrogen and oxygen atoms in total. The molecule has 0 aliphatic rings. The Hall–Kier alpha value is -1.65. The van der Waals surface area contributed by atoms with Gasteiger partial charge in [-0.2, -0.15) is 16.3 Å². The van der Waals surface area contributed by atoms with Gasteiger partial charge in [-0.25, -0.2) is 4.99 Å². The Balaban J connectivity index is 0.00000243. The second kappa shape index (κ2) is 10.5. The number of aliphatic imine (C=N–C) groups is 1. The second-order valence-corrected chi connectivity index (χ2v) is 6.42. The van der Waals surface area contributed by atoms with E-state index in [1.165, 1.54) is 5.56 Å². The standard InChI is InChI=1S/C17H18ClN5OS.HI/c1-2-19-17(20-9-12-7-8-25-11-12)21-10-15-22-16(23-24-15)13-3-5-14(18)6-4-13;/h3-8,11H,2,9-10H2,1H3,(H2,19,20,21);1H. The fraction of sp³-hybridized carbons (Fsp3) is 0.235. The molecule has 2 N–H and O–H groups in total. The van der Waals surface area contributed by atoms with Gasteiger partial charge in [-0.3, -0.25) is 0 Å². The normalized spacial score (nSPS) is 11.1. The highest BCUT2D eigenvalue weighted by atomic mass is 127. The lowest BCUT2D eigenvalue weighted by atomic mass is 10.2. The SMILES string of the molecule is CCNC(=NCc1ccsc1)NCc1nc(-c2ccc(Cl)cc2)no1.I. The van der Waals surface area contributed by atoms with E-state index in [1.807, 2.05) is 24.4 Å². The van der Waals surface area contributed by atoms with Crippen molar-refractivity contribution in [2.45, 2.75) is 20.0 Å². The molecule has 3 aromatic rings. The molecule has 2 aromatic heterocycles. The first-order chi connectivity index (χ1) is 12.2. The van der Waals surface area contributed by atoms with Crippen LogP contribution in [0, 0.1) is 0 Å². The molecular formula is C17H19ClIN5OS. The molecule has 0 spiro atoms. The molecule has 1 aromatic carbocycles. The van der Waals surface area contributed by atoms with Crippen LogP contribution in [0.15, 0.2) is 50.6 Å². The largest absolute Gasteiger partial charge is 0.357 e. The molecule has 0 radical (unpaired) electrons. The van der Waals surface area contributed by atoms with E-state index in [2.05, 4.69) is 37.2 Å². The maximum Gasteiger partial charge on any atom is 0.246 e. The van der Waals surface area contributed by atoms with E-state index >= 15 is 0 Å². The summed E-state index contributed by atoms with van der Waals surface area (Å²) in [5.74, 6) is 1.74. The van der Waals surface area contributed by atoms with E-state index in [0.717, 1.165) is 12.1 Å². The van der Waals surface area contributed by atoms with Crippen LogP contribution < -0.4 is 10.6 Å². The number of halogens is 2. The van der Waals surface area contributed by atoms with Gasteiger partial charge in [0, 0.05) is 17.1 Å². The number of aromatic nitrogens is 2. The van der Waals surface area contributed by atoms with Crippen LogP contribution in [0.5, 0.6) is 0 Å². The van der Waals surface area contributed by atoms with Crippen molar-refractivity contribution in [3.8, 4) is 11.4 Å². The number of benzene rings is 1. The van der Waals surface area contributed by atoms with Gasteiger partial charge in [-0.05, 0) is 53.6 Å². The van der Waals surface area contributed by atoms with Gasteiger partial charge in [0.25, 0.3) is 0 Å². The maximum atomic E-state index is 5.89. The summed E-state index contributed by atoms with van der Waals surface area (Å²) in [7, 11) is 0. The molecule has 2 heterocycles. The molecule has 0 unspecified atom stereocenters. The van der Waals surface area contributed by atoms with Crippen LogP contribution in [0.3, 0.4) is 0 Å². The summed E-state index contributed by atoms with van der Waals surface area (Å²) in [6.45, 7) is 3.82. The molecule has 0 aliphatic carbocycles. The zero-order valence-electron chi connectivity index (χ0n) is 14.1. The Morgan fingerprint density at radius 2 is 2.04 bits per heavy atom. The molecule has 26 heavy (non-hydrogen) atoms. The summed E-state index contributed by atoms with van der Waals surface area (Å²) in [6.07, 6.45) is 0. The predicted octanol–water partition coefficient (Wildman–Crippen LogP) is 4.32. The van der Waals surface area contributed by atoms with Crippen molar-refractivity contribution in [1.29, 1.82) is 0 Å². The molecule has 0 aliphatic heterocycles. The average molecular weight is 504 g/mol. The fourth-order valence-electron chi connectivity index (χ4n) is 2.10. The third-order valence-corrected chi connectivity index (χ3v) is 4.31. The van der Waals surface area contributed by atoms with Gasteiger partial charge in [-0.15, -0.1) is 24.0 Å². The van der Waals surface area contributed by atoms with E-state index in [0.29, 0.717) is 35.8 Å². The second-order valence-electron chi connectivity index (χ2n) is 5.20. The van der Waals surface area contributed by atoms with Gasteiger partial charge in [-0.1, -0.05) is 16.8 Å². The third kappa shape index (κ3) is 5.96. The zero-order valence-corrected chi connectivity index (χ0v) is 18.0. The minimum absolute atomic E-state index is 0. The van der Waals surface area contributed by atoms with E-state index < -0.39 is 0 Å². The molecule has 0 fully saturated rings. The molecule has 0 bridgehead atoms. The molecular weight excluding hydrogens is 485 g/mol. The van der Waals surface area contributed by atoms with E-state index in [4.69, 9.17) is 16.1 Å². The van der Waals surface area contributed by atoms with Gasteiger partial charge in [0.1, 0.15) is 0 Å². The number of nitrogens with zero attached hydrogens (tertiary/aromatic N) is 3. The van der Waals surface area contributed by atoms with Crippen molar-refractivity contribution >= 4 is 52.9 Å². The van der Waals surface area contributed by atoms with Gasteiger partial charge in [0.05, 0.1) is 13.1 Å². The molecule has 138 valence electrons. The van der Waals surface area contributed by atoms with E-state index in [1.54, 1.807) is 23.5 Å². The van der Waals surface area contributed by atoms with Gasteiger partial charge in [0.2, 0.25) is 11.7 Å². The first kappa shape index (κ1) is 20.7. The van der Waals surface area contributed by atoms with Crippen molar-refractivity contribution in [1.82, 2.24) is 20.8 Å². The Morgan fingerprint density at radius 1 is 1.23 bits per heavy atom. The predicted molar refractivity (Wildman–Crippen MR) is 116 cm³/mol. The van der Waals surface area contributed by atoms with E-state index in [-0.39, 0.29) is 24.0 Å². The highest BCUT2D eigenvalue weighted by Crippen LogP contribution is 2.18. The summed E-state index contributed by atoms with van der Waals surface area (Å²) in [5, 5.41) is 15.2. The van der Waals surface area contributed by atoms with Crippen LogP contribution >= 0.6 is 46.9 Å². The Labute approximate surface area is 178 Å². The van der Waals surface area contributed by atoms with Crippen LogP contribution in [0.2, 0.25) is 5.02 Å². The molecule has 0 saturated carbocycles. The van der Waals surface area contributed by atoms with Crippen molar-refractivity contribution in [2.24, 2.45) is 4.99 Å². The lowest BCUT2D eigenvalue weighted by molar-refractivity contribution is 0.375. The highest BCUT2D eigenvalue weighted by Gasteiger charge is 2.09. The number of hydrogen-bond acceptors (Lipinski definition) is 5. The monoisotopic (exact) mass is 503 g/mol. The lowest BCUT2D eigenvalue weighted by Gasteiger charge is -2.08. The van der Waals surface area contributed by atoms with Gasteiger partial charge < -0.3 is 15.2 Å². The topological polar surface area (TPSA) is 75.3 Å². The van der Waals surface area contributed by atoms with Crippen LogP contribution in [0.1, 0.15) is 18.4 Å². The van der Waals surface area contributed by atoms with Crippen molar-refractivity contribution in [3.05, 3.63) is 57.6 Å². The van der Waals surface area contributed by atoms with Crippen molar-refractivity contribution in [2.75, 3.05) is 6.54 Å². The average Bonchev–Trinajstić information content (AvgIpc) is 3.30. The van der Waals surface area contributed by atoms with Gasteiger partial charge >= 0.3 is 0 Å². The Morgan fingerprint density at radius 3 is 2.73 bits per heavy atom. The molecule has 0 atom stereocenters. The van der Waals surface area contributed by atoms with Gasteiger partial charge in [0.15, 0.2) is 5.96 Å². The molecule has 0 saturated heterocycles. The number of hydrogen-bond donors (Lipinski definition) is 2. The van der Waals surface area contributed by atoms with Crippen molar-refractivity contribution < 1.29 is 4.52 Å². The van der Waals surface area contributed by atoms with Crippen molar-refractivity contribution in [3.63, 3.8) is 0 Å². The number of rotatable bonds is 6. The maximum absolute atomic E-state index is 5.89.